The third kappa shape index (κ3) is 1.99. The normalized spacial score (nSPS) is 32.4. The van der Waals surface area contributed by atoms with Crippen molar-refractivity contribution in [3.63, 3.8) is 0 Å². The predicted molar refractivity (Wildman–Crippen MR) is 53.6 cm³/mol. The molecule has 1 aliphatic carbocycles. The summed E-state index contributed by atoms with van der Waals surface area (Å²) >= 11 is 0. The first-order valence-corrected chi connectivity index (χ1v) is 5.17. The fourth-order valence-electron chi connectivity index (χ4n) is 1.99. The monoisotopic (exact) mass is 168 g/mol. The van der Waals surface area contributed by atoms with Gasteiger partial charge in [-0.1, -0.05) is 26.7 Å². The average Bonchev–Trinajstić information content (AvgIpc) is 2.48. The van der Waals surface area contributed by atoms with Crippen LogP contribution in [0.25, 0.3) is 0 Å². The molecule has 0 amide bonds. The van der Waals surface area contributed by atoms with E-state index in [1.165, 1.54) is 25.7 Å². The lowest BCUT2D eigenvalue weighted by atomic mass is 9.92. The van der Waals surface area contributed by atoms with Crippen LogP contribution in [0.2, 0.25) is 0 Å². The van der Waals surface area contributed by atoms with Gasteiger partial charge in [0.2, 0.25) is 0 Å². The Morgan fingerprint density at radius 3 is 2.58 bits per heavy atom. The summed E-state index contributed by atoms with van der Waals surface area (Å²) < 4.78 is 0. The molecule has 2 aliphatic rings. The molecule has 1 aliphatic heterocycles. The van der Waals surface area contributed by atoms with Crippen LogP contribution in [-0.2, 0) is 0 Å². The molecule has 0 bridgehead atoms. The molecule has 2 unspecified atom stereocenters. The van der Waals surface area contributed by atoms with Gasteiger partial charge in [0.1, 0.15) is 0 Å². The van der Waals surface area contributed by atoms with E-state index in [2.05, 4.69) is 17.2 Å². The fourth-order valence-corrected chi connectivity index (χ4v) is 1.99. The maximum atomic E-state index is 4.52. The molecule has 0 aromatic rings. The highest BCUT2D eigenvalue weighted by Crippen LogP contribution is 2.24. The van der Waals surface area contributed by atoms with Gasteiger partial charge in [-0.15, -0.1) is 0 Å². The van der Waals surface area contributed by atoms with Crippen LogP contribution in [-0.4, -0.2) is 17.9 Å². The molecule has 2 heteroatoms. The minimum atomic E-state index is 0.619. The zero-order valence-electron chi connectivity index (χ0n) is 8.43. The maximum absolute atomic E-state index is 4.52. The van der Waals surface area contributed by atoms with Crippen molar-refractivity contribution in [1.82, 2.24) is 5.32 Å². The van der Waals surface area contributed by atoms with E-state index in [1.807, 2.05) is 13.8 Å². The Morgan fingerprint density at radius 2 is 1.92 bits per heavy atom. The smallest absolute Gasteiger partial charge is 0.0938 e. The highest BCUT2D eigenvalue weighted by atomic mass is 15.1. The highest BCUT2D eigenvalue weighted by Gasteiger charge is 2.28. The largest absolute Gasteiger partial charge is 0.369 e. The first-order valence-electron chi connectivity index (χ1n) is 5.17. The molecule has 0 aromatic heterocycles. The summed E-state index contributed by atoms with van der Waals surface area (Å²) in [5.74, 6) is 1.15. The van der Waals surface area contributed by atoms with Crippen LogP contribution in [0.5, 0.6) is 0 Å². The maximum Gasteiger partial charge on any atom is 0.0938 e. The van der Waals surface area contributed by atoms with Gasteiger partial charge in [0.15, 0.2) is 0 Å². The number of aliphatic imine (C=N–C) groups is 1. The second-order valence-electron chi connectivity index (χ2n) is 3.32. The molecule has 2 nitrogen and oxygen atoms in total. The number of nitrogens with zero attached hydrogens (tertiary/aromatic N) is 1. The zero-order valence-corrected chi connectivity index (χ0v) is 8.43. The van der Waals surface area contributed by atoms with Gasteiger partial charge < -0.3 is 5.32 Å². The zero-order chi connectivity index (χ0) is 8.97. The van der Waals surface area contributed by atoms with E-state index in [-0.39, 0.29) is 0 Å². The van der Waals surface area contributed by atoms with Gasteiger partial charge in [0, 0.05) is 6.04 Å². The molecule has 2 rings (SSSR count). The molecule has 1 N–H and O–H groups in total. The second kappa shape index (κ2) is 4.48. The van der Waals surface area contributed by atoms with Crippen LogP contribution >= 0.6 is 0 Å². The Bertz CT molecular complexity index is 163. The highest BCUT2D eigenvalue weighted by molar-refractivity contribution is 5.81. The van der Waals surface area contributed by atoms with Crippen molar-refractivity contribution in [2.75, 3.05) is 0 Å². The van der Waals surface area contributed by atoms with Crippen molar-refractivity contribution in [3.05, 3.63) is 0 Å². The van der Waals surface area contributed by atoms with E-state index in [1.54, 1.807) is 0 Å². The number of nitrogens with one attached hydrogen (secondary N) is 1. The van der Waals surface area contributed by atoms with Crippen molar-refractivity contribution in [2.24, 2.45) is 4.99 Å². The summed E-state index contributed by atoms with van der Waals surface area (Å²) in [4.78, 5) is 4.52. The van der Waals surface area contributed by atoms with Gasteiger partial charge in [0.05, 0.1) is 11.9 Å². The molecule has 12 heavy (non-hydrogen) atoms. The Hall–Kier alpha value is -0.530. The molecule has 70 valence electrons. The summed E-state index contributed by atoms with van der Waals surface area (Å²) in [6.07, 6.45) is 5.39. The molecule has 0 spiro atoms. The van der Waals surface area contributed by atoms with Crippen molar-refractivity contribution in [1.29, 1.82) is 0 Å². The topological polar surface area (TPSA) is 24.4 Å². The van der Waals surface area contributed by atoms with Crippen LogP contribution in [0.15, 0.2) is 4.99 Å². The first kappa shape index (κ1) is 9.56. The number of hydrogen-bond donors (Lipinski definition) is 1. The van der Waals surface area contributed by atoms with Gasteiger partial charge in [-0.05, 0) is 19.8 Å². The summed E-state index contributed by atoms with van der Waals surface area (Å²) in [5, 5.41) is 3.41. The van der Waals surface area contributed by atoms with E-state index in [0.717, 1.165) is 5.84 Å². The summed E-state index contributed by atoms with van der Waals surface area (Å²) in [7, 11) is 0. The Balaban J connectivity index is 0.000000336. The minimum Gasteiger partial charge on any atom is -0.369 e. The van der Waals surface area contributed by atoms with Crippen LogP contribution in [0.1, 0.15) is 46.5 Å². The number of hydrogen-bond acceptors (Lipinski definition) is 2. The van der Waals surface area contributed by atoms with Crippen LogP contribution < -0.4 is 5.32 Å². The molecule has 2 atom stereocenters. The van der Waals surface area contributed by atoms with E-state index >= 15 is 0 Å². The van der Waals surface area contributed by atoms with E-state index in [0.29, 0.717) is 12.1 Å². The lowest BCUT2D eigenvalue weighted by Gasteiger charge is -2.23. The predicted octanol–water partition coefficient (Wildman–Crippen LogP) is 2.35. The van der Waals surface area contributed by atoms with Gasteiger partial charge in [-0.3, -0.25) is 4.99 Å². The van der Waals surface area contributed by atoms with Crippen LogP contribution in [0.4, 0.5) is 0 Å². The molecular formula is C10H20N2. The van der Waals surface area contributed by atoms with E-state index in [4.69, 9.17) is 0 Å². The Morgan fingerprint density at radius 1 is 1.25 bits per heavy atom. The molecular weight excluding hydrogens is 148 g/mol. The van der Waals surface area contributed by atoms with Crippen molar-refractivity contribution in [3.8, 4) is 0 Å². The summed E-state index contributed by atoms with van der Waals surface area (Å²) in [6, 6.07) is 1.31. The van der Waals surface area contributed by atoms with Crippen molar-refractivity contribution >= 4 is 5.84 Å². The quantitative estimate of drug-likeness (QED) is 0.590. The Kier molecular flexibility index (Phi) is 3.57. The minimum absolute atomic E-state index is 0.619. The fraction of sp³-hybridized carbons (Fsp3) is 0.900. The Labute approximate surface area is 75.5 Å². The van der Waals surface area contributed by atoms with Crippen LogP contribution in [0.3, 0.4) is 0 Å². The van der Waals surface area contributed by atoms with E-state index in [9.17, 15) is 0 Å². The molecule has 1 fully saturated rings. The SMILES string of the molecule is CC.CC1=NC2CCCCC2N1. The third-order valence-corrected chi connectivity index (χ3v) is 2.48. The second-order valence-corrected chi connectivity index (χ2v) is 3.32. The summed E-state index contributed by atoms with van der Waals surface area (Å²) in [5.41, 5.74) is 0. The van der Waals surface area contributed by atoms with E-state index < -0.39 is 0 Å². The lowest BCUT2D eigenvalue weighted by Crippen LogP contribution is -2.35. The number of fused-ring (bicyclic) bond motifs is 1. The van der Waals surface area contributed by atoms with Gasteiger partial charge in [0.25, 0.3) is 0 Å². The van der Waals surface area contributed by atoms with Crippen LogP contribution in [0, 0.1) is 0 Å². The number of rotatable bonds is 0. The average molecular weight is 168 g/mol. The standard InChI is InChI=1S/C8H14N2.C2H6/c1-6-9-7-4-2-3-5-8(7)10-6;1-2/h7-8H,2-5H2,1H3,(H,9,10);1-2H3. The van der Waals surface area contributed by atoms with Gasteiger partial charge >= 0.3 is 0 Å². The van der Waals surface area contributed by atoms with Gasteiger partial charge in [-0.25, -0.2) is 0 Å². The summed E-state index contributed by atoms with van der Waals surface area (Å²) in [6.45, 7) is 6.07. The molecule has 1 saturated carbocycles. The third-order valence-electron chi connectivity index (χ3n) is 2.48. The molecule has 0 saturated heterocycles. The van der Waals surface area contributed by atoms with Gasteiger partial charge in [-0.2, -0.15) is 0 Å². The molecule has 0 radical (unpaired) electrons. The number of amidine groups is 1. The van der Waals surface area contributed by atoms with Crippen molar-refractivity contribution in [2.45, 2.75) is 58.5 Å². The van der Waals surface area contributed by atoms with Crippen molar-refractivity contribution < 1.29 is 0 Å². The lowest BCUT2D eigenvalue weighted by molar-refractivity contribution is 0.384. The molecule has 0 aromatic carbocycles. The molecule has 1 heterocycles. The first-order chi connectivity index (χ1) is 5.86.